The van der Waals surface area contributed by atoms with E-state index in [0.29, 0.717) is 18.3 Å². The van der Waals surface area contributed by atoms with Gasteiger partial charge in [-0.2, -0.15) is 4.98 Å². The van der Waals surface area contributed by atoms with Gasteiger partial charge in [-0.3, -0.25) is 10.1 Å². The summed E-state index contributed by atoms with van der Waals surface area (Å²) in [5.41, 5.74) is -0.0107. The van der Waals surface area contributed by atoms with Crippen LogP contribution in [0.5, 0.6) is 0 Å². The molecule has 1 aromatic heterocycles. The fourth-order valence-corrected chi connectivity index (χ4v) is 2.96. The molecule has 3 amide bonds. The Bertz CT molecular complexity index is 592. The summed E-state index contributed by atoms with van der Waals surface area (Å²) in [5, 5.41) is 6.25. The number of carbonyl (C=O) groups excluding carboxylic acids is 2. The Hall–Kier alpha value is -1.96. The summed E-state index contributed by atoms with van der Waals surface area (Å²) >= 11 is 0. The van der Waals surface area contributed by atoms with Gasteiger partial charge in [0.2, 0.25) is 11.8 Å². The first-order chi connectivity index (χ1) is 10.3. The molecule has 1 aromatic rings. The summed E-state index contributed by atoms with van der Waals surface area (Å²) in [5.74, 6) is 0.714. The summed E-state index contributed by atoms with van der Waals surface area (Å²) in [4.78, 5) is 28.4. The van der Waals surface area contributed by atoms with Gasteiger partial charge in [-0.05, 0) is 11.8 Å². The number of rotatable bonds is 3. The van der Waals surface area contributed by atoms with Crippen LogP contribution in [0.4, 0.5) is 4.79 Å². The highest BCUT2D eigenvalue weighted by Gasteiger charge is 2.40. The standard InChI is InChI=1S/C14H20N4O4/c1-14(2,3)11-8(4-5-21-11)12-16-10(22-17-12)7-18-6-9(19)15-13(18)20/h8,11H,4-7H2,1-3H3,(H,15,19,20)/t8-,11-/m0/s1. The van der Waals surface area contributed by atoms with Gasteiger partial charge >= 0.3 is 6.03 Å². The molecule has 3 rings (SSSR count). The number of carbonyl (C=O) groups is 2. The zero-order valence-corrected chi connectivity index (χ0v) is 13.0. The van der Waals surface area contributed by atoms with Crippen LogP contribution >= 0.6 is 0 Å². The zero-order valence-electron chi connectivity index (χ0n) is 13.0. The Kier molecular flexibility index (Phi) is 3.64. The Balaban J connectivity index is 1.71. The van der Waals surface area contributed by atoms with Crippen molar-refractivity contribution in [1.82, 2.24) is 20.4 Å². The van der Waals surface area contributed by atoms with Crippen molar-refractivity contribution in [3.05, 3.63) is 11.7 Å². The van der Waals surface area contributed by atoms with Gasteiger partial charge in [0, 0.05) is 6.61 Å². The van der Waals surface area contributed by atoms with E-state index in [1.807, 2.05) is 0 Å². The van der Waals surface area contributed by atoms with E-state index in [0.717, 1.165) is 6.42 Å². The summed E-state index contributed by atoms with van der Waals surface area (Å²) in [7, 11) is 0. The Labute approximate surface area is 128 Å². The molecule has 0 saturated carbocycles. The number of nitrogens with one attached hydrogen (secondary N) is 1. The van der Waals surface area contributed by atoms with Crippen LogP contribution < -0.4 is 5.32 Å². The molecule has 120 valence electrons. The molecule has 22 heavy (non-hydrogen) atoms. The van der Waals surface area contributed by atoms with E-state index >= 15 is 0 Å². The van der Waals surface area contributed by atoms with Crippen molar-refractivity contribution in [2.75, 3.05) is 13.2 Å². The van der Waals surface area contributed by atoms with Crippen LogP contribution in [0.25, 0.3) is 0 Å². The van der Waals surface area contributed by atoms with E-state index in [1.54, 1.807) is 0 Å². The minimum atomic E-state index is -0.429. The van der Waals surface area contributed by atoms with Crippen LogP contribution in [0.15, 0.2) is 4.52 Å². The van der Waals surface area contributed by atoms with Gasteiger partial charge in [0.05, 0.1) is 12.0 Å². The van der Waals surface area contributed by atoms with E-state index in [4.69, 9.17) is 9.26 Å². The van der Waals surface area contributed by atoms with Gasteiger partial charge in [0.1, 0.15) is 13.1 Å². The third-order valence-electron chi connectivity index (χ3n) is 3.95. The topological polar surface area (TPSA) is 97.6 Å². The van der Waals surface area contributed by atoms with E-state index in [1.165, 1.54) is 4.90 Å². The Morgan fingerprint density at radius 1 is 1.36 bits per heavy atom. The van der Waals surface area contributed by atoms with Crippen molar-refractivity contribution in [1.29, 1.82) is 0 Å². The van der Waals surface area contributed by atoms with Crippen LogP contribution in [0.3, 0.4) is 0 Å². The van der Waals surface area contributed by atoms with Gasteiger partial charge in [0.25, 0.3) is 0 Å². The fraction of sp³-hybridized carbons (Fsp3) is 0.714. The number of ether oxygens (including phenoxy) is 1. The van der Waals surface area contributed by atoms with E-state index in [-0.39, 0.29) is 36.4 Å². The lowest BCUT2D eigenvalue weighted by Crippen LogP contribution is -2.31. The maximum absolute atomic E-state index is 11.5. The molecule has 1 N–H and O–H groups in total. The van der Waals surface area contributed by atoms with Crippen molar-refractivity contribution in [3.8, 4) is 0 Å². The van der Waals surface area contributed by atoms with Crippen LogP contribution in [-0.2, 0) is 16.1 Å². The molecule has 2 fully saturated rings. The largest absolute Gasteiger partial charge is 0.377 e. The average molecular weight is 308 g/mol. The fourth-order valence-electron chi connectivity index (χ4n) is 2.96. The highest BCUT2D eigenvalue weighted by molar-refractivity contribution is 6.01. The van der Waals surface area contributed by atoms with Crippen molar-refractivity contribution in [2.45, 2.75) is 45.8 Å². The maximum atomic E-state index is 11.5. The van der Waals surface area contributed by atoms with E-state index in [2.05, 4.69) is 36.2 Å². The molecule has 0 bridgehead atoms. The normalized spacial score (nSPS) is 25.9. The summed E-state index contributed by atoms with van der Waals surface area (Å²) in [6.07, 6.45) is 0.887. The van der Waals surface area contributed by atoms with Crippen LogP contribution in [0.2, 0.25) is 0 Å². The molecular weight excluding hydrogens is 288 g/mol. The molecule has 0 aromatic carbocycles. The quantitative estimate of drug-likeness (QED) is 0.838. The van der Waals surface area contributed by atoms with Crippen molar-refractivity contribution >= 4 is 11.9 Å². The van der Waals surface area contributed by atoms with Crippen LogP contribution in [-0.4, -0.2) is 46.2 Å². The molecule has 0 unspecified atom stereocenters. The second-order valence-electron chi connectivity index (χ2n) is 6.81. The third-order valence-corrected chi connectivity index (χ3v) is 3.95. The Morgan fingerprint density at radius 3 is 2.77 bits per heavy atom. The highest BCUT2D eigenvalue weighted by Crippen LogP contribution is 2.39. The van der Waals surface area contributed by atoms with Gasteiger partial charge in [-0.25, -0.2) is 4.79 Å². The summed E-state index contributed by atoms with van der Waals surface area (Å²) in [6, 6.07) is -0.429. The number of aromatic nitrogens is 2. The van der Waals surface area contributed by atoms with E-state index in [9.17, 15) is 9.59 Å². The number of amides is 3. The highest BCUT2D eigenvalue weighted by atomic mass is 16.5. The Morgan fingerprint density at radius 2 is 2.14 bits per heavy atom. The second kappa shape index (κ2) is 5.35. The number of hydrogen-bond donors (Lipinski definition) is 1. The average Bonchev–Trinajstić information content (AvgIpc) is 3.09. The zero-order chi connectivity index (χ0) is 15.9. The predicted octanol–water partition coefficient (Wildman–Crippen LogP) is 1.04. The van der Waals surface area contributed by atoms with Crippen molar-refractivity contribution in [3.63, 3.8) is 0 Å². The summed E-state index contributed by atoms with van der Waals surface area (Å²) in [6.45, 7) is 7.21. The maximum Gasteiger partial charge on any atom is 0.325 e. The summed E-state index contributed by atoms with van der Waals surface area (Å²) < 4.78 is 11.1. The molecule has 2 aliphatic heterocycles. The molecule has 3 heterocycles. The lowest BCUT2D eigenvalue weighted by molar-refractivity contribution is -0.118. The minimum Gasteiger partial charge on any atom is -0.377 e. The number of hydrogen-bond acceptors (Lipinski definition) is 6. The smallest absolute Gasteiger partial charge is 0.325 e. The molecule has 2 aliphatic rings. The van der Waals surface area contributed by atoms with Gasteiger partial charge in [0.15, 0.2) is 5.82 Å². The van der Waals surface area contributed by atoms with Gasteiger partial charge in [-0.15, -0.1) is 0 Å². The lowest BCUT2D eigenvalue weighted by Gasteiger charge is -2.29. The molecule has 8 nitrogen and oxygen atoms in total. The first kappa shape index (κ1) is 15.0. The predicted molar refractivity (Wildman–Crippen MR) is 74.8 cm³/mol. The van der Waals surface area contributed by atoms with E-state index < -0.39 is 6.03 Å². The number of nitrogens with zero attached hydrogens (tertiary/aromatic N) is 3. The van der Waals surface area contributed by atoms with Crippen molar-refractivity contribution < 1.29 is 18.8 Å². The second-order valence-corrected chi connectivity index (χ2v) is 6.81. The van der Waals surface area contributed by atoms with Crippen LogP contribution in [0, 0.1) is 5.41 Å². The lowest BCUT2D eigenvalue weighted by atomic mass is 9.81. The first-order valence-electron chi connectivity index (χ1n) is 7.37. The molecule has 0 spiro atoms. The van der Waals surface area contributed by atoms with Gasteiger partial charge in [-0.1, -0.05) is 25.9 Å². The number of imide groups is 1. The van der Waals surface area contributed by atoms with Crippen LogP contribution in [0.1, 0.15) is 44.8 Å². The molecule has 0 aliphatic carbocycles. The molecule has 2 atom stereocenters. The monoisotopic (exact) mass is 308 g/mol. The van der Waals surface area contributed by atoms with Gasteiger partial charge < -0.3 is 14.2 Å². The molecular formula is C14H20N4O4. The molecule has 2 saturated heterocycles. The molecule has 8 heteroatoms. The first-order valence-corrected chi connectivity index (χ1v) is 7.37. The minimum absolute atomic E-state index is 0.0107. The third kappa shape index (κ3) is 2.83. The SMILES string of the molecule is CC(C)(C)[C@H]1OCC[C@@H]1c1noc(CN2CC(=O)NC2=O)n1. The molecule has 0 radical (unpaired) electrons. The van der Waals surface area contributed by atoms with Crippen molar-refractivity contribution in [2.24, 2.45) is 5.41 Å². The number of urea groups is 1.